The monoisotopic (exact) mass is 203 g/mol. The lowest BCUT2D eigenvalue weighted by atomic mass is 10.1. The SMILES string of the molecule is Cc1cccc(CCN[C@@H](C)C2CC2)c1. The fourth-order valence-electron chi connectivity index (χ4n) is 2.07. The van der Waals surface area contributed by atoms with Gasteiger partial charge in [0.2, 0.25) is 0 Å². The van der Waals surface area contributed by atoms with Gasteiger partial charge in [0, 0.05) is 6.04 Å². The van der Waals surface area contributed by atoms with Crippen molar-refractivity contribution in [2.24, 2.45) is 5.92 Å². The number of hydrogen-bond donors (Lipinski definition) is 1. The van der Waals surface area contributed by atoms with Crippen LogP contribution in [0.5, 0.6) is 0 Å². The summed E-state index contributed by atoms with van der Waals surface area (Å²) in [7, 11) is 0. The number of nitrogens with one attached hydrogen (secondary N) is 1. The molecule has 0 spiro atoms. The van der Waals surface area contributed by atoms with Crippen molar-refractivity contribution in [3.05, 3.63) is 35.4 Å². The molecule has 0 radical (unpaired) electrons. The van der Waals surface area contributed by atoms with Crippen LogP contribution in [-0.2, 0) is 6.42 Å². The first-order valence-corrected chi connectivity index (χ1v) is 6.04. The van der Waals surface area contributed by atoms with Gasteiger partial charge in [-0.2, -0.15) is 0 Å². The van der Waals surface area contributed by atoms with Gasteiger partial charge in [-0.15, -0.1) is 0 Å². The van der Waals surface area contributed by atoms with Gasteiger partial charge in [-0.25, -0.2) is 0 Å². The molecule has 2 rings (SSSR count). The molecule has 1 atom stereocenters. The highest BCUT2D eigenvalue weighted by Gasteiger charge is 2.27. The predicted molar refractivity (Wildman–Crippen MR) is 65.1 cm³/mol. The van der Waals surface area contributed by atoms with Gasteiger partial charge in [0.15, 0.2) is 0 Å². The first-order valence-electron chi connectivity index (χ1n) is 6.04. The van der Waals surface area contributed by atoms with E-state index in [2.05, 4.69) is 43.4 Å². The molecule has 0 heterocycles. The van der Waals surface area contributed by atoms with E-state index in [9.17, 15) is 0 Å². The Bertz CT molecular complexity index is 315. The molecule has 15 heavy (non-hydrogen) atoms. The molecule has 0 bridgehead atoms. The van der Waals surface area contributed by atoms with Crippen molar-refractivity contribution in [1.29, 1.82) is 0 Å². The second kappa shape index (κ2) is 4.80. The summed E-state index contributed by atoms with van der Waals surface area (Å²) < 4.78 is 0. The van der Waals surface area contributed by atoms with E-state index < -0.39 is 0 Å². The van der Waals surface area contributed by atoms with Crippen LogP contribution in [0.25, 0.3) is 0 Å². The van der Waals surface area contributed by atoms with E-state index in [1.165, 1.54) is 24.0 Å². The highest BCUT2D eigenvalue weighted by atomic mass is 14.9. The smallest absolute Gasteiger partial charge is 0.00671 e. The van der Waals surface area contributed by atoms with Gasteiger partial charge >= 0.3 is 0 Å². The van der Waals surface area contributed by atoms with Crippen molar-refractivity contribution >= 4 is 0 Å². The fourth-order valence-corrected chi connectivity index (χ4v) is 2.07. The molecule has 82 valence electrons. The van der Waals surface area contributed by atoms with Gasteiger partial charge in [0.25, 0.3) is 0 Å². The van der Waals surface area contributed by atoms with Crippen LogP contribution in [0.1, 0.15) is 30.9 Å². The van der Waals surface area contributed by atoms with E-state index in [-0.39, 0.29) is 0 Å². The summed E-state index contributed by atoms with van der Waals surface area (Å²) in [5, 5.41) is 3.61. The maximum atomic E-state index is 3.61. The third-order valence-corrected chi connectivity index (χ3v) is 3.29. The first kappa shape index (κ1) is 10.7. The second-order valence-electron chi connectivity index (χ2n) is 4.82. The van der Waals surface area contributed by atoms with Crippen LogP contribution >= 0.6 is 0 Å². The van der Waals surface area contributed by atoms with Gasteiger partial charge < -0.3 is 5.32 Å². The number of benzene rings is 1. The van der Waals surface area contributed by atoms with Crippen LogP contribution in [0.3, 0.4) is 0 Å². The molecule has 1 heteroatoms. The Kier molecular flexibility index (Phi) is 3.42. The largest absolute Gasteiger partial charge is 0.314 e. The molecule has 1 nitrogen and oxygen atoms in total. The Morgan fingerprint density at radius 3 is 2.87 bits per heavy atom. The van der Waals surface area contributed by atoms with Crippen LogP contribution in [-0.4, -0.2) is 12.6 Å². The molecule has 1 aromatic carbocycles. The molecular weight excluding hydrogens is 182 g/mol. The van der Waals surface area contributed by atoms with Gasteiger partial charge in [-0.3, -0.25) is 0 Å². The molecule has 1 aliphatic rings. The summed E-state index contributed by atoms with van der Waals surface area (Å²) in [4.78, 5) is 0. The molecule has 0 saturated heterocycles. The highest BCUT2D eigenvalue weighted by molar-refractivity contribution is 5.22. The molecule has 1 saturated carbocycles. The third kappa shape index (κ3) is 3.35. The maximum Gasteiger partial charge on any atom is 0.00671 e. The van der Waals surface area contributed by atoms with Crippen LogP contribution < -0.4 is 5.32 Å². The third-order valence-electron chi connectivity index (χ3n) is 3.29. The van der Waals surface area contributed by atoms with Gasteiger partial charge in [-0.05, 0) is 51.1 Å². The summed E-state index contributed by atoms with van der Waals surface area (Å²) in [5.74, 6) is 0.961. The molecule has 1 aromatic rings. The Balaban J connectivity index is 1.73. The van der Waals surface area contributed by atoms with Gasteiger partial charge in [0.1, 0.15) is 0 Å². The number of hydrogen-bond acceptors (Lipinski definition) is 1. The van der Waals surface area contributed by atoms with E-state index in [0.717, 1.165) is 24.9 Å². The topological polar surface area (TPSA) is 12.0 Å². The zero-order valence-electron chi connectivity index (χ0n) is 9.79. The van der Waals surface area contributed by atoms with Gasteiger partial charge in [0.05, 0.1) is 0 Å². The quantitative estimate of drug-likeness (QED) is 0.776. The standard InChI is InChI=1S/C14H21N/c1-11-4-3-5-13(10-11)8-9-15-12(2)14-6-7-14/h3-5,10,12,14-15H,6-9H2,1-2H3/t12-/m0/s1. The second-order valence-corrected chi connectivity index (χ2v) is 4.82. The molecule has 0 amide bonds. The van der Waals surface area contributed by atoms with Crippen molar-refractivity contribution in [3.63, 3.8) is 0 Å². The summed E-state index contributed by atoms with van der Waals surface area (Å²) in [6.07, 6.45) is 4.01. The summed E-state index contributed by atoms with van der Waals surface area (Å²) >= 11 is 0. The Morgan fingerprint density at radius 2 is 2.20 bits per heavy atom. The number of aryl methyl sites for hydroxylation is 1. The maximum absolute atomic E-state index is 3.61. The lowest BCUT2D eigenvalue weighted by Crippen LogP contribution is -2.29. The lowest BCUT2D eigenvalue weighted by Gasteiger charge is -2.12. The van der Waals surface area contributed by atoms with Crippen molar-refractivity contribution in [3.8, 4) is 0 Å². The Morgan fingerprint density at radius 1 is 1.40 bits per heavy atom. The van der Waals surface area contributed by atoms with E-state index in [1.807, 2.05) is 0 Å². The Hall–Kier alpha value is -0.820. The van der Waals surface area contributed by atoms with E-state index in [4.69, 9.17) is 0 Å². The predicted octanol–water partition coefficient (Wildman–Crippen LogP) is 2.93. The molecular formula is C14H21N. The zero-order chi connectivity index (χ0) is 10.7. The molecule has 1 aliphatic carbocycles. The van der Waals surface area contributed by atoms with Crippen molar-refractivity contribution < 1.29 is 0 Å². The lowest BCUT2D eigenvalue weighted by molar-refractivity contribution is 0.500. The molecule has 0 unspecified atom stereocenters. The summed E-state index contributed by atoms with van der Waals surface area (Å²) in [5.41, 5.74) is 2.81. The number of rotatable bonds is 5. The summed E-state index contributed by atoms with van der Waals surface area (Å²) in [6.45, 7) is 5.58. The normalized spacial score (nSPS) is 17.7. The average Bonchev–Trinajstić information content (AvgIpc) is 3.00. The first-order chi connectivity index (χ1) is 7.25. The van der Waals surface area contributed by atoms with E-state index >= 15 is 0 Å². The minimum Gasteiger partial charge on any atom is -0.314 e. The van der Waals surface area contributed by atoms with Crippen LogP contribution in [0.2, 0.25) is 0 Å². The molecule has 1 fully saturated rings. The molecule has 1 N–H and O–H groups in total. The van der Waals surface area contributed by atoms with E-state index in [1.54, 1.807) is 0 Å². The van der Waals surface area contributed by atoms with E-state index in [0.29, 0.717) is 0 Å². The van der Waals surface area contributed by atoms with Crippen molar-refractivity contribution in [1.82, 2.24) is 5.32 Å². The zero-order valence-corrected chi connectivity index (χ0v) is 9.79. The summed E-state index contributed by atoms with van der Waals surface area (Å²) in [6, 6.07) is 9.52. The van der Waals surface area contributed by atoms with Crippen molar-refractivity contribution in [2.75, 3.05) is 6.54 Å². The Labute approximate surface area is 92.9 Å². The fraction of sp³-hybridized carbons (Fsp3) is 0.571. The molecule has 0 aliphatic heterocycles. The van der Waals surface area contributed by atoms with Crippen LogP contribution in [0.4, 0.5) is 0 Å². The van der Waals surface area contributed by atoms with Crippen LogP contribution in [0, 0.1) is 12.8 Å². The minimum atomic E-state index is 0.717. The molecule has 0 aromatic heterocycles. The highest BCUT2D eigenvalue weighted by Crippen LogP contribution is 2.32. The minimum absolute atomic E-state index is 0.717. The van der Waals surface area contributed by atoms with Crippen molar-refractivity contribution in [2.45, 2.75) is 39.2 Å². The van der Waals surface area contributed by atoms with Crippen LogP contribution in [0.15, 0.2) is 24.3 Å². The van der Waals surface area contributed by atoms with Gasteiger partial charge in [-0.1, -0.05) is 29.8 Å². The average molecular weight is 203 g/mol.